The Balaban J connectivity index is 1.66. The molecule has 0 bridgehead atoms. The van der Waals surface area contributed by atoms with E-state index in [1.54, 1.807) is 42.5 Å². The first kappa shape index (κ1) is 19.5. The van der Waals surface area contributed by atoms with Gasteiger partial charge in [-0.25, -0.2) is 9.69 Å². The van der Waals surface area contributed by atoms with Gasteiger partial charge in [-0.05, 0) is 18.2 Å². The van der Waals surface area contributed by atoms with Crippen LogP contribution < -0.4 is 24.8 Å². The topological polar surface area (TPSA) is 108 Å². The summed E-state index contributed by atoms with van der Waals surface area (Å²) in [6, 6.07) is 11.9. The van der Waals surface area contributed by atoms with Crippen molar-refractivity contribution in [2.45, 2.75) is 11.2 Å². The van der Waals surface area contributed by atoms with Gasteiger partial charge in [-0.15, -0.1) is 0 Å². The molecule has 31 heavy (non-hydrogen) atoms. The molecule has 0 spiro atoms. The predicted molar refractivity (Wildman–Crippen MR) is 113 cm³/mol. The lowest BCUT2D eigenvalue weighted by Gasteiger charge is -2.36. The second-order valence-electron chi connectivity index (χ2n) is 7.30. The van der Waals surface area contributed by atoms with E-state index in [-0.39, 0.29) is 22.3 Å². The summed E-state index contributed by atoms with van der Waals surface area (Å²) < 4.78 is 16.1. The number of benzene rings is 2. The van der Waals surface area contributed by atoms with E-state index >= 15 is 0 Å². The Morgan fingerprint density at radius 3 is 2.55 bits per heavy atom. The number of rotatable bonds is 3. The van der Waals surface area contributed by atoms with Gasteiger partial charge in [0.1, 0.15) is 11.0 Å². The molecule has 1 fully saturated rings. The van der Waals surface area contributed by atoms with E-state index in [4.69, 9.17) is 19.9 Å². The number of carbonyl (C=O) groups is 3. The van der Waals surface area contributed by atoms with E-state index in [0.29, 0.717) is 22.7 Å². The second-order valence-corrected chi connectivity index (χ2v) is 8.48. The number of ether oxygens (including phenoxy) is 3. The van der Waals surface area contributed by atoms with Gasteiger partial charge in [0.2, 0.25) is 11.8 Å². The fourth-order valence-corrected chi connectivity index (χ4v) is 5.66. The van der Waals surface area contributed by atoms with Crippen LogP contribution in [0.4, 0.5) is 5.69 Å². The number of nitrogens with zero attached hydrogens (tertiary/aromatic N) is 1. The number of anilines is 1. The molecule has 3 heterocycles. The molecule has 3 unspecified atom stereocenters. The molecule has 3 aliphatic rings. The van der Waals surface area contributed by atoms with Gasteiger partial charge in [-0.1, -0.05) is 30.0 Å². The molecular formula is C22H18N2O6S. The zero-order valence-electron chi connectivity index (χ0n) is 16.7. The van der Waals surface area contributed by atoms with Crippen LogP contribution in [0.1, 0.15) is 11.5 Å². The summed E-state index contributed by atoms with van der Waals surface area (Å²) >= 11 is 1.03. The van der Waals surface area contributed by atoms with Gasteiger partial charge >= 0.3 is 5.97 Å². The molecule has 3 atom stereocenters. The molecule has 0 aromatic heterocycles. The van der Waals surface area contributed by atoms with Crippen molar-refractivity contribution >= 4 is 35.2 Å². The van der Waals surface area contributed by atoms with Gasteiger partial charge in [0.05, 0.1) is 36.4 Å². The fourth-order valence-electron chi connectivity index (χ4n) is 4.42. The number of fused-ring (bicyclic) bond motifs is 5. The van der Waals surface area contributed by atoms with Gasteiger partial charge < -0.3 is 19.9 Å². The molecule has 2 N–H and O–H groups in total. The predicted octanol–water partition coefficient (Wildman–Crippen LogP) is 2.18. The first-order chi connectivity index (χ1) is 15.0. The van der Waals surface area contributed by atoms with Crippen molar-refractivity contribution in [3.05, 3.63) is 58.6 Å². The molecule has 5 rings (SSSR count). The van der Waals surface area contributed by atoms with Crippen molar-refractivity contribution in [1.82, 2.24) is 0 Å². The number of thioether (sulfide) groups is 1. The molecule has 3 aliphatic heterocycles. The molecule has 2 amide bonds. The van der Waals surface area contributed by atoms with Crippen LogP contribution in [0.25, 0.3) is 0 Å². The lowest BCUT2D eigenvalue weighted by atomic mass is 9.77. The van der Waals surface area contributed by atoms with E-state index in [9.17, 15) is 14.4 Å². The minimum atomic E-state index is -0.801. The first-order valence-electron chi connectivity index (χ1n) is 9.53. The van der Waals surface area contributed by atoms with Crippen LogP contribution in [0.5, 0.6) is 17.2 Å². The smallest absolute Gasteiger partial charge is 0.342 e. The number of nitrogens with two attached hydrogens (primary N) is 1. The van der Waals surface area contributed by atoms with Crippen molar-refractivity contribution in [2.75, 3.05) is 19.1 Å². The Morgan fingerprint density at radius 2 is 1.81 bits per heavy atom. The number of para-hydroxylation sites is 1. The summed E-state index contributed by atoms with van der Waals surface area (Å²) in [6.07, 6.45) is 0. The molecule has 0 saturated carbocycles. The average molecular weight is 438 g/mol. The normalized spacial score (nSPS) is 24.4. The summed E-state index contributed by atoms with van der Waals surface area (Å²) in [5.41, 5.74) is 7.43. The highest BCUT2D eigenvalue weighted by molar-refractivity contribution is 8.04. The van der Waals surface area contributed by atoms with Crippen LogP contribution in [0, 0.1) is 5.92 Å². The van der Waals surface area contributed by atoms with E-state index in [1.165, 1.54) is 14.2 Å². The highest BCUT2D eigenvalue weighted by Gasteiger charge is 2.58. The third kappa shape index (κ3) is 2.73. The lowest BCUT2D eigenvalue weighted by molar-refractivity contribution is -0.132. The molecule has 9 heteroatoms. The van der Waals surface area contributed by atoms with Gasteiger partial charge in [-0.3, -0.25) is 9.59 Å². The third-order valence-corrected chi connectivity index (χ3v) is 7.00. The molecule has 0 radical (unpaired) electrons. The number of carbonyl (C=O) groups excluding carboxylic acids is 3. The quantitative estimate of drug-likeness (QED) is 0.441. The Kier molecular flexibility index (Phi) is 4.44. The Hall–Kier alpha value is -3.46. The summed E-state index contributed by atoms with van der Waals surface area (Å²) in [5, 5.41) is -0.559. The maximum absolute atomic E-state index is 13.6. The SMILES string of the molecule is COc1cccc(N2C(=O)C3SC(N)=C4C(=O)Oc5c(OC)cccc5C4C3C2=O)c1. The van der Waals surface area contributed by atoms with Crippen LogP contribution >= 0.6 is 11.8 Å². The molecule has 2 aromatic carbocycles. The van der Waals surface area contributed by atoms with Crippen molar-refractivity contribution in [2.24, 2.45) is 11.7 Å². The summed E-state index contributed by atoms with van der Waals surface area (Å²) in [5.74, 6) is -1.76. The minimum absolute atomic E-state index is 0.193. The van der Waals surface area contributed by atoms with E-state index < -0.39 is 29.0 Å². The molecule has 158 valence electrons. The molecule has 2 aromatic rings. The van der Waals surface area contributed by atoms with E-state index in [1.807, 2.05) is 0 Å². The minimum Gasteiger partial charge on any atom is -0.497 e. The number of amides is 2. The Bertz CT molecular complexity index is 1180. The average Bonchev–Trinajstić information content (AvgIpc) is 3.02. The van der Waals surface area contributed by atoms with Crippen LogP contribution in [-0.2, 0) is 14.4 Å². The van der Waals surface area contributed by atoms with Gasteiger partial charge in [-0.2, -0.15) is 0 Å². The van der Waals surface area contributed by atoms with Crippen LogP contribution in [0.15, 0.2) is 53.1 Å². The lowest BCUT2D eigenvalue weighted by Crippen LogP contribution is -2.39. The van der Waals surface area contributed by atoms with Crippen molar-refractivity contribution in [1.29, 1.82) is 0 Å². The first-order valence-corrected chi connectivity index (χ1v) is 10.4. The number of hydrogen-bond acceptors (Lipinski definition) is 8. The Morgan fingerprint density at radius 1 is 1.03 bits per heavy atom. The third-order valence-electron chi connectivity index (χ3n) is 5.78. The van der Waals surface area contributed by atoms with Gasteiger partial charge in [0.15, 0.2) is 11.5 Å². The van der Waals surface area contributed by atoms with E-state index in [0.717, 1.165) is 16.7 Å². The zero-order valence-corrected chi connectivity index (χ0v) is 17.5. The maximum atomic E-state index is 13.6. The van der Waals surface area contributed by atoms with Crippen LogP contribution in [0.2, 0.25) is 0 Å². The highest BCUT2D eigenvalue weighted by atomic mass is 32.2. The fraction of sp³-hybridized carbons (Fsp3) is 0.227. The second kappa shape index (κ2) is 7.05. The molecule has 0 aliphatic carbocycles. The van der Waals surface area contributed by atoms with Crippen molar-refractivity contribution in [3.8, 4) is 17.2 Å². The van der Waals surface area contributed by atoms with Crippen LogP contribution in [0.3, 0.4) is 0 Å². The molecular weight excluding hydrogens is 420 g/mol. The standard InChI is InChI=1S/C22H18N2O6S/c1-28-11-6-3-5-10(9-11)24-20(25)15-14-12-7-4-8-13(29-2)17(12)30-22(27)16(14)19(23)31-18(15)21(24)26/h3-9,14-15,18H,23H2,1-2H3. The maximum Gasteiger partial charge on any atom is 0.342 e. The monoisotopic (exact) mass is 438 g/mol. The van der Waals surface area contributed by atoms with Crippen molar-refractivity contribution in [3.63, 3.8) is 0 Å². The molecule has 8 nitrogen and oxygen atoms in total. The van der Waals surface area contributed by atoms with Gasteiger partial charge in [0, 0.05) is 17.5 Å². The number of methoxy groups -OCH3 is 2. The summed E-state index contributed by atoms with van der Waals surface area (Å²) in [6.45, 7) is 0. The molecule has 1 saturated heterocycles. The van der Waals surface area contributed by atoms with Crippen molar-refractivity contribution < 1.29 is 28.6 Å². The van der Waals surface area contributed by atoms with Gasteiger partial charge in [0.25, 0.3) is 0 Å². The number of imide groups is 1. The zero-order chi connectivity index (χ0) is 21.9. The highest BCUT2D eigenvalue weighted by Crippen LogP contribution is 2.56. The number of hydrogen-bond donors (Lipinski definition) is 1. The van der Waals surface area contributed by atoms with E-state index in [2.05, 4.69) is 0 Å². The van der Waals surface area contributed by atoms with Crippen LogP contribution in [-0.4, -0.2) is 37.3 Å². The summed E-state index contributed by atoms with van der Waals surface area (Å²) in [7, 11) is 2.98. The largest absolute Gasteiger partial charge is 0.497 e. The summed E-state index contributed by atoms with van der Waals surface area (Å²) in [4.78, 5) is 40.9. The number of esters is 1. The Labute approximate surface area is 181 Å².